The molecule has 0 amide bonds. The number of fused-ring (bicyclic) bond motifs is 2. The number of para-hydroxylation sites is 1. The Hall–Kier alpha value is -3.88. The lowest BCUT2D eigenvalue weighted by Gasteiger charge is -2.47. The predicted molar refractivity (Wildman–Crippen MR) is 162 cm³/mol. The van der Waals surface area contributed by atoms with Gasteiger partial charge in [-0.15, -0.1) is 0 Å². The Morgan fingerprint density at radius 1 is 0.846 bits per heavy atom. The van der Waals surface area contributed by atoms with E-state index in [0.717, 1.165) is 38.2 Å². The van der Waals surface area contributed by atoms with Crippen LogP contribution in [0, 0.1) is 6.92 Å². The summed E-state index contributed by atoms with van der Waals surface area (Å²) < 4.78 is 6.36. The zero-order valence-electron chi connectivity index (χ0n) is 21.4. The number of carbonyl (C=O) groups excluding carboxylic acids is 1. The van der Waals surface area contributed by atoms with Crippen LogP contribution in [0.15, 0.2) is 118 Å². The Kier molecular flexibility index (Phi) is 6.74. The number of hydrogen-bond donors (Lipinski definition) is 0. The number of rotatable bonds is 5. The highest BCUT2D eigenvalue weighted by Crippen LogP contribution is 2.55. The zero-order chi connectivity index (χ0) is 27.0. The molecule has 8 heteroatoms. The van der Waals surface area contributed by atoms with Crippen molar-refractivity contribution in [1.82, 2.24) is 0 Å². The maximum absolute atomic E-state index is 13.1. The van der Waals surface area contributed by atoms with Gasteiger partial charge in [0.05, 0.1) is 23.7 Å². The molecule has 1 spiro atoms. The van der Waals surface area contributed by atoms with E-state index in [-0.39, 0.29) is 11.7 Å². The van der Waals surface area contributed by atoms with Crippen molar-refractivity contribution >= 4 is 55.8 Å². The average Bonchev–Trinajstić information content (AvgIpc) is 3.36. The van der Waals surface area contributed by atoms with E-state index in [1.54, 1.807) is 6.92 Å². The summed E-state index contributed by atoms with van der Waals surface area (Å²) in [5.74, 6) is -0.458. The molecule has 0 bridgehead atoms. The summed E-state index contributed by atoms with van der Waals surface area (Å²) in [4.78, 5) is 12.1. The normalized spacial score (nSPS) is 18.0. The number of halogens is 1. The molecule has 4 aromatic rings. The molecule has 0 aliphatic carbocycles. The first-order valence-corrected chi connectivity index (χ1v) is 14.2. The number of esters is 1. The number of hydrazone groups is 2. The maximum Gasteiger partial charge on any atom is 0.365 e. The Morgan fingerprint density at radius 2 is 1.49 bits per heavy atom. The molecule has 0 N–H and O–H groups in total. The molecule has 2 aliphatic rings. The summed E-state index contributed by atoms with van der Waals surface area (Å²) in [6.07, 6.45) is 0. The van der Waals surface area contributed by atoms with Gasteiger partial charge in [-0.1, -0.05) is 88.2 Å². The fourth-order valence-electron chi connectivity index (χ4n) is 4.79. The molecule has 4 aromatic carbocycles. The Labute approximate surface area is 240 Å². The summed E-state index contributed by atoms with van der Waals surface area (Å²) in [6.45, 7) is 4.13. The molecule has 2 aliphatic heterocycles. The quantitative estimate of drug-likeness (QED) is 0.227. The molecule has 0 saturated carbocycles. The summed E-state index contributed by atoms with van der Waals surface area (Å²) >= 11 is 4.89. The van der Waals surface area contributed by atoms with Crippen LogP contribution >= 0.6 is 27.7 Å². The van der Waals surface area contributed by atoms with Crippen LogP contribution in [0.2, 0.25) is 0 Å². The number of hydrogen-bond acceptors (Lipinski definition) is 7. The van der Waals surface area contributed by atoms with Crippen molar-refractivity contribution in [3.8, 4) is 0 Å². The van der Waals surface area contributed by atoms with Crippen molar-refractivity contribution in [2.45, 2.75) is 18.8 Å². The standard InChI is InChI=1S/C31H25BrN4O2S/c1-3-38-30(37)29-34-36(25-19-17-23(32)18-20-25)31(39-29)27-12-8-7-11-26(27)28(22-15-13-21(2)14-16-22)33-35(31)24-9-5-4-6-10-24/h4-20H,3H2,1-2H3. The van der Waals surface area contributed by atoms with Crippen LogP contribution in [0.3, 0.4) is 0 Å². The van der Waals surface area contributed by atoms with E-state index < -0.39 is 11.0 Å². The number of carbonyl (C=O) groups is 1. The number of aryl methyl sites for hydroxylation is 1. The van der Waals surface area contributed by atoms with Gasteiger partial charge in [0.1, 0.15) is 0 Å². The van der Waals surface area contributed by atoms with Crippen molar-refractivity contribution in [2.75, 3.05) is 16.6 Å². The number of thioether (sulfide) groups is 1. The maximum atomic E-state index is 13.1. The second-order valence-electron chi connectivity index (χ2n) is 9.13. The van der Waals surface area contributed by atoms with Gasteiger partial charge in [-0.05, 0) is 62.0 Å². The molecule has 1 atom stereocenters. The van der Waals surface area contributed by atoms with E-state index in [2.05, 4.69) is 59.3 Å². The molecule has 6 rings (SSSR count). The van der Waals surface area contributed by atoms with Crippen LogP contribution in [0.4, 0.5) is 11.4 Å². The molecule has 6 nitrogen and oxygen atoms in total. The van der Waals surface area contributed by atoms with Crippen LogP contribution in [0.1, 0.15) is 29.2 Å². The van der Waals surface area contributed by atoms with E-state index in [0.29, 0.717) is 0 Å². The van der Waals surface area contributed by atoms with Gasteiger partial charge in [-0.3, -0.25) is 0 Å². The number of benzene rings is 4. The van der Waals surface area contributed by atoms with Gasteiger partial charge in [0.15, 0.2) is 0 Å². The minimum atomic E-state index is -1.03. The highest BCUT2D eigenvalue weighted by molar-refractivity contribution is 9.10. The Bertz CT molecular complexity index is 1590. The van der Waals surface area contributed by atoms with Crippen LogP contribution in [0.5, 0.6) is 0 Å². The fourth-order valence-corrected chi connectivity index (χ4v) is 6.34. The van der Waals surface area contributed by atoms with E-state index in [9.17, 15) is 4.79 Å². The molecule has 0 radical (unpaired) electrons. The largest absolute Gasteiger partial charge is 0.461 e. The second-order valence-corrected chi connectivity index (χ2v) is 11.2. The molecule has 194 valence electrons. The third-order valence-electron chi connectivity index (χ3n) is 6.58. The summed E-state index contributed by atoms with van der Waals surface area (Å²) in [5, 5.41) is 14.3. The predicted octanol–water partition coefficient (Wildman–Crippen LogP) is 7.27. The molecule has 1 unspecified atom stereocenters. The van der Waals surface area contributed by atoms with Gasteiger partial charge in [0.25, 0.3) is 0 Å². The minimum Gasteiger partial charge on any atom is -0.461 e. The smallest absolute Gasteiger partial charge is 0.365 e. The van der Waals surface area contributed by atoms with Gasteiger partial charge in [-0.2, -0.15) is 10.2 Å². The highest BCUT2D eigenvalue weighted by atomic mass is 79.9. The summed E-state index contributed by atoms with van der Waals surface area (Å²) in [7, 11) is 0. The van der Waals surface area contributed by atoms with Gasteiger partial charge in [0.2, 0.25) is 10.0 Å². The molecule has 39 heavy (non-hydrogen) atoms. The SMILES string of the molecule is CCOC(=O)C1=NN(c2ccc(Br)cc2)C2(S1)c1ccccc1C(c1ccc(C)cc1)=NN2c1ccccc1. The molecular weight excluding hydrogens is 572 g/mol. The van der Waals surface area contributed by atoms with Crippen molar-refractivity contribution < 1.29 is 9.53 Å². The van der Waals surface area contributed by atoms with Crippen molar-refractivity contribution in [2.24, 2.45) is 10.2 Å². The lowest BCUT2D eigenvalue weighted by molar-refractivity contribution is -0.134. The lowest BCUT2D eigenvalue weighted by Crippen LogP contribution is -2.54. The fraction of sp³-hybridized carbons (Fsp3) is 0.129. The monoisotopic (exact) mass is 596 g/mol. The number of ether oxygens (including phenoxy) is 1. The van der Waals surface area contributed by atoms with Gasteiger partial charge >= 0.3 is 5.97 Å². The van der Waals surface area contributed by atoms with Gasteiger partial charge < -0.3 is 4.74 Å². The first-order valence-electron chi connectivity index (χ1n) is 12.6. The first kappa shape index (κ1) is 25.4. The van der Waals surface area contributed by atoms with E-state index >= 15 is 0 Å². The number of nitrogens with zero attached hydrogens (tertiary/aromatic N) is 4. The van der Waals surface area contributed by atoms with Crippen molar-refractivity contribution in [1.29, 1.82) is 0 Å². The van der Waals surface area contributed by atoms with E-state index in [1.807, 2.05) is 76.7 Å². The minimum absolute atomic E-state index is 0.262. The molecule has 2 heterocycles. The highest BCUT2D eigenvalue weighted by Gasteiger charge is 2.56. The molecule has 0 fully saturated rings. The Morgan fingerprint density at radius 3 is 2.21 bits per heavy atom. The van der Waals surface area contributed by atoms with Gasteiger partial charge in [0, 0.05) is 21.2 Å². The summed E-state index contributed by atoms with van der Waals surface area (Å²) in [5.41, 5.74) is 6.66. The topological polar surface area (TPSA) is 57.5 Å². The van der Waals surface area contributed by atoms with Crippen molar-refractivity contribution in [3.63, 3.8) is 0 Å². The van der Waals surface area contributed by atoms with Gasteiger partial charge in [-0.25, -0.2) is 14.8 Å². The zero-order valence-corrected chi connectivity index (χ0v) is 23.8. The molecular formula is C31H25BrN4O2S. The molecule has 0 aromatic heterocycles. The van der Waals surface area contributed by atoms with Crippen LogP contribution < -0.4 is 10.0 Å². The first-order chi connectivity index (χ1) is 19.0. The van der Waals surface area contributed by atoms with Crippen LogP contribution in [0.25, 0.3) is 0 Å². The average molecular weight is 598 g/mol. The van der Waals surface area contributed by atoms with E-state index in [1.165, 1.54) is 17.3 Å². The van der Waals surface area contributed by atoms with Crippen molar-refractivity contribution in [3.05, 3.63) is 130 Å². The third-order valence-corrected chi connectivity index (χ3v) is 8.40. The number of anilines is 2. The summed E-state index contributed by atoms with van der Waals surface area (Å²) in [6, 6.07) is 34.5. The van der Waals surface area contributed by atoms with Crippen LogP contribution in [-0.4, -0.2) is 23.3 Å². The Balaban J connectivity index is 1.64. The van der Waals surface area contributed by atoms with E-state index in [4.69, 9.17) is 14.9 Å². The lowest BCUT2D eigenvalue weighted by atomic mass is 9.93. The third kappa shape index (κ3) is 4.43. The van der Waals surface area contributed by atoms with Crippen LogP contribution in [-0.2, 0) is 14.5 Å². The second kappa shape index (κ2) is 10.4. The molecule has 0 saturated heterocycles.